The highest BCUT2D eigenvalue weighted by atomic mass is 16.5. The van der Waals surface area contributed by atoms with Gasteiger partial charge >= 0.3 is 0 Å². The van der Waals surface area contributed by atoms with Gasteiger partial charge in [-0.05, 0) is 37.1 Å². The standard InChI is InChI=1S/C18H21NO4/c1-12-6-5-7-13(2)18(12)23-11-17(20)19-14-8-9-15(21-3)16(10-14)22-4/h5-10H,11H2,1-4H3,(H,19,20). The fourth-order valence-corrected chi connectivity index (χ4v) is 2.28. The van der Waals surface area contributed by atoms with E-state index >= 15 is 0 Å². The zero-order valence-electron chi connectivity index (χ0n) is 13.8. The van der Waals surface area contributed by atoms with E-state index < -0.39 is 0 Å². The average molecular weight is 315 g/mol. The van der Waals surface area contributed by atoms with Gasteiger partial charge in [-0.3, -0.25) is 4.79 Å². The molecule has 2 aromatic rings. The van der Waals surface area contributed by atoms with E-state index in [1.165, 1.54) is 0 Å². The molecule has 0 aliphatic carbocycles. The predicted octanol–water partition coefficient (Wildman–Crippen LogP) is 3.34. The summed E-state index contributed by atoms with van der Waals surface area (Å²) in [5.74, 6) is 1.67. The number of carbonyl (C=O) groups is 1. The van der Waals surface area contributed by atoms with Crippen LogP contribution in [0.2, 0.25) is 0 Å². The Morgan fingerprint density at radius 2 is 1.65 bits per heavy atom. The molecule has 0 spiro atoms. The first-order chi connectivity index (χ1) is 11.0. The van der Waals surface area contributed by atoms with Gasteiger partial charge in [0.2, 0.25) is 0 Å². The molecule has 122 valence electrons. The maximum absolute atomic E-state index is 12.1. The van der Waals surface area contributed by atoms with Crippen LogP contribution in [0.3, 0.4) is 0 Å². The average Bonchev–Trinajstić information content (AvgIpc) is 2.54. The Bertz CT molecular complexity index is 677. The van der Waals surface area contributed by atoms with Crippen molar-refractivity contribution in [2.24, 2.45) is 0 Å². The summed E-state index contributed by atoms with van der Waals surface area (Å²) >= 11 is 0. The van der Waals surface area contributed by atoms with Crippen LogP contribution in [0.5, 0.6) is 17.2 Å². The lowest BCUT2D eigenvalue weighted by Gasteiger charge is -2.13. The molecule has 1 N–H and O–H groups in total. The number of rotatable bonds is 6. The summed E-state index contributed by atoms with van der Waals surface area (Å²) in [6.45, 7) is 3.85. The number of amides is 1. The van der Waals surface area contributed by atoms with Crippen molar-refractivity contribution in [3.63, 3.8) is 0 Å². The molecular formula is C18H21NO4. The number of hydrogen-bond donors (Lipinski definition) is 1. The molecule has 0 aromatic heterocycles. The molecule has 0 unspecified atom stereocenters. The lowest BCUT2D eigenvalue weighted by atomic mass is 10.1. The molecule has 2 aromatic carbocycles. The molecule has 0 aliphatic rings. The molecule has 0 fully saturated rings. The molecule has 0 bridgehead atoms. The van der Waals surface area contributed by atoms with E-state index in [1.54, 1.807) is 32.4 Å². The number of benzene rings is 2. The Labute approximate surface area is 136 Å². The Balaban J connectivity index is 2.00. The van der Waals surface area contributed by atoms with Crippen LogP contribution in [-0.2, 0) is 4.79 Å². The van der Waals surface area contributed by atoms with Gasteiger partial charge in [0.25, 0.3) is 5.91 Å². The Hall–Kier alpha value is -2.69. The summed E-state index contributed by atoms with van der Waals surface area (Å²) in [5.41, 5.74) is 2.63. The van der Waals surface area contributed by atoms with Gasteiger partial charge in [-0.1, -0.05) is 18.2 Å². The molecule has 0 aliphatic heterocycles. The van der Waals surface area contributed by atoms with Gasteiger partial charge in [-0.2, -0.15) is 0 Å². The second kappa shape index (κ2) is 7.54. The summed E-state index contributed by atoms with van der Waals surface area (Å²) in [4.78, 5) is 12.1. The first-order valence-electron chi connectivity index (χ1n) is 7.26. The second-order valence-corrected chi connectivity index (χ2v) is 5.13. The molecule has 0 heterocycles. The van der Waals surface area contributed by atoms with Crippen molar-refractivity contribution in [3.8, 4) is 17.2 Å². The number of hydrogen-bond acceptors (Lipinski definition) is 4. The number of nitrogens with one attached hydrogen (secondary N) is 1. The van der Waals surface area contributed by atoms with E-state index in [2.05, 4.69) is 5.32 Å². The number of anilines is 1. The minimum absolute atomic E-state index is 0.0555. The first-order valence-corrected chi connectivity index (χ1v) is 7.26. The third-order valence-corrected chi connectivity index (χ3v) is 3.42. The maximum atomic E-state index is 12.1. The smallest absolute Gasteiger partial charge is 0.262 e. The zero-order chi connectivity index (χ0) is 16.8. The summed E-state index contributed by atoms with van der Waals surface area (Å²) in [5, 5.41) is 2.78. The molecule has 5 nitrogen and oxygen atoms in total. The fourth-order valence-electron chi connectivity index (χ4n) is 2.28. The highest BCUT2D eigenvalue weighted by molar-refractivity contribution is 5.92. The van der Waals surface area contributed by atoms with Crippen LogP contribution < -0.4 is 19.5 Å². The van der Waals surface area contributed by atoms with Crippen LogP contribution in [0, 0.1) is 13.8 Å². The van der Waals surface area contributed by atoms with Crippen LogP contribution in [0.15, 0.2) is 36.4 Å². The van der Waals surface area contributed by atoms with Crippen molar-refractivity contribution in [1.82, 2.24) is 0 Å². The SMILES string of the molecule is COc1ccc(NC(=O)COc2c(C)cccc2C)cc1OC. The lowest BCUT2D eigenvalue weighted by molar-refractivity contribution is -0.118. The zero-order valence-corrected chi connectivity index (χ0v) is 13.8. The van der Waals surface area contributed by atoms with Gasteiger partial charge in [0.1, 0.15) is 5.75 Å². The lowest BCUT2D eigenvalue weighted by Crippen LogP contribution is -2.20. The molecule has 5 heteroatoms. The van der Waals surface area contributed by atoms with Crippen molar-refractivity contribution in [1.29, 1.82) is 0 Å². The predicted molar refractivity (Wildman–Crippen MR) is 89.6 cm³/mol. The second-order valence-electron chi connectivity index (χ2n) is 5.13. The highest BCUT2D eigenvalue weighted by Crippen LogP contribution is 2.29. The monoisotopic (exact) mass is 315 g/mol. The fraction of sp³-hybridized carbons (Fsp3) is 0.278. The molecule has 0 saturated carbocycles. The van der Waals surface area contributed by atoms with Gasteiger partial charge in [0, 0.05) is 11.8 Å². The summed E-state index contributed by atoms with van der Waals surface area (Å²) < 4.78 is 16.0. The Morgan fingerprint density at radius 1 is 1.00 bits per heavy atom. The summed E-state index contributed by atoms with van der Waals surface area (Å²) in [7, 11) is 3.11. The van der Waals surface area contributed by atoms with E-state index in [9.17, 15) is 4.79 Å². The topological polar surface area (TPSA) is 56.8 Å². The first kappa shape index (κ1) is 16.7. The minimum atomic E-state index is -0.236. The quantitative estimate of drug-likeness (QED) is 0.888. The van der Waals surface area contributed by atoms with Crippen molar-refractivity contribution in [2.45, 2.75) is 13.8 Å². The van der Waals surface area contributed by atoms with E-state index in [-0.39, 0.29) is 12.5 Å². The Morgan fingerprint density at radius 3 is 2.26 bits per heavy atom. The Kier molecular flexibility index (Phi) is 5.46. The highest BCUT2D eigenvalue weighted by Gasteiger charge is 2.10. The van der Waals surface area contributed by atoms with Crippen LogP contribution >= 0.6 is 0 Å². The number of methoxy groups -OCH3 is 2. The van der Waals surface area contributed by atoms with E-state index in [0.717, 1.165) is 16.9 Å². The third kappa shape index (κ3) is 4.16. The van der Waals surface area contributed by atoms with Crippen molar-refractivity contribution < 1.29 is 19.0 Å². The molecule has 2 rings (SSSR count). The number of carbonyl (C=O) groups excluding carboxylic acids is 1. The molecule has 1 amide bonds. The van der Waals surface area contributed by atoms with Gasteiger partial charge in [-0.15, -0.1) is 0 Å². The van der Waals surface area contributed by atoms with Crippen LogP contribution in [0.4, 0.5) is 5.69 Å². The number of aryl methyl sites for hydroxylation is 2. The molecule has 0 saturated heterocycles. The summed E-state index contributed by atoms with van der Waals surface area (Å²) in [6, 6.07) is 11.1. The molecular weight excluding hydrogens is 294 g/mol. The van der Waals surface area contributed by atoms with Crippen LogP contribution in [0.25, 0.3) is 0 Å². The van der Waals surface area contributed by atoms with Crippen LogP contribution in [-0.4, -0.2) is 26.7 Å². The minimum Gasteiger partial charge on any atom is -0.493 e. The third-order valence-electron chi connectivity index (χ3n) is 3.42. The normalized spacial score (nSPS) is 10.1. The number of ether oxygens (including phenoxy) is 3. The number of para-hydroxylation sites is 1. The summed E-state index contributed by atoms with van der Waals surface area (Å²) in [6.07, 6.45) is 0. The van der Waals surface area contributed by atoms with Crippen molar-refractivity contribution in [3.05, 3.63) is 47.5 Å². The van der Waals surface area contributed by atoms with E-state index in [0.29, 0.717) is 17.2 Å². The maximum Gasteiger partial charge on any atom is 0.262 e. The van der Waals surface area contributed by atoms with Crippen molar-refractivity contribution in [2.75, 3.05) is 26.1 Å². The molecule has 0 atom stereocenters. The van der Waals surface area contributed by atoms with Gasteiger partial charge in [0.15, 0.2) is 18.1 Å². The van der Waals surface area contributed by atoms with Gasteiger partial charge in [0.05, 0.1) is 14.2 Å². The van der Waals surface area contributed by atoms with E-state index in [1.807, 2.05) is 32.0 Å². The molecule has 0 radical (unpaired) electrons. The van der Waals surface area contributed by atoms with Gasteiger partial charge < -0.3 is 19.5 Å². The van der Waals surface area contributed by atoms with Crippen molar-refractivity contribution >= 4 is 11.6 Å². The molecule has 23 heavy (non-hydrogen) atoms. The van der Waals surface area contributed by atoms with Crippen LogP contribution in [0.1, 0.15) is 11.1 Å². The van der Waals surface area contributed by atoms with E-state index in [4.69, 9.17) is 14.2 Å². The largest absolute Gasteiger partial charge is 0.493 e. The van der Waals surface area contributed by atoms with Gasteiger partial charge in [-0.25, -0.2) is 0 Å².